The molecular formula is C27H35N7O3. The first-order valence-electron chi connectivity index (χ1n) is 12.9. The standard InChI is InChI=1S/C27H35N7O3/c1-17-23(18-10-24(36-5)25-19(13-28)14-29-33(25)16-18)15-30-34(17)21-6-8-32(9-7-21)22-11-20(12-22)31-26(35)37-27(2,3)4/h10,14-16,20-22H,6-9,11-12H2,1-5H3,(H,31,35). The second-order valence-electron chi connectivity index (χ2n) is 11.1. The molecule has 3 aromatic rings. The number of alkyl carbamates (subject to hydrolysis) is 1. The van der Waals surface area contributed by atoms with Crippen molar-refractivity contribution >= 4 is 11.6 Å². The highest BCUT2D eigenvalue weighted by Gasteiger charge is 2.37. The smallest absolute Gasteiger partial charge is 0.407 e. The fourth-order valence-electron chi connectivity index (χ4n) is 5.52. The van der Waals surface area contributed by atoms with Crippen LogP contribution in [0.5, 0.6) is 5.75 Å². The third-order valence-electron chi connectivity index (χ3n) is 7.47. The van der Waals surface area contributed by atoms with Crippen LogP contribution in [-0.4, -0.2) is 68.3 Å². The summed E-state index contributed by atoms with van der Waals surface area (Å²) in [7, 11) is 1.61. The van der Waals surface area contributed by atoms with E-state index in [1.165, 1.54) is 0 Å². The highest BCUT2D eigenvalue weighted by molar-refractivity contribution is 5.76. The Kier molecular flexibility index (Phi) is 6.58. The van der Waals surface area contributed by atoms with Crippen molar-refractivity contribution < 1.29 is 14.3 Å². The van der Waals surface area contributed by atoms with Gasteiger partial charge in [-0.3, -0.25) is 4.68 Å². The molecule has 0 bridgehead atoms. The lowest BCUT2D eigenvalue weighted by atomic mass is 9.84. The molecule has 1 aliphatic heterocycles. The molecule has 4 heterocycles. The molecular weight excluding hydrogens is 470 g/mol. The van der Waals surface area contributed by atoms with E-state index in [9.17, 15) is 10.1 Å². The summed E-state index contributed by atoms with van der Waals surface area (Å²) in [6.45, 7) is 9.79. The number of ether oxygens (including phenoxy) is 2. The lowest BCUT2D eigenvalue weighted by molar-refractivity contribution is 0.0332. The summed E-state index contributed by atoms with van der Waals surface area (Å²) in [5, 5.41) is 21.5. The van der Waals surface area contributed by atoms with Crippen molar-refractivity contribution in [3.05, 3.63) is 35.9 Å². The fraction of sp³-hybridized carbons (Fsp3) is 0.556. The van der Waals surface area contributed by atoms with Crippen LogP contribution in [0.4, 0.5) is 4.79 Å². The van der Waals surface area contributed by atoms with E-state index in [0.717, 1.165) is 55.6 Å². The van der Waals surface area contributed by atoms with Gasteiger partial charge in [0.05, 0.1) is 25.5 Å². The van der Waals surface area contributed by atoms with Gasteiger partial charge >= 0.3 is 6.09 Å². The first-order valence-corrected chi connectivity index (χ1v) is 12.9. The number of aromatic nitrogens is 4. The topological polar surface area (TPSA) is 110 Å². The Morgan fingerprint density at radius 3 is 2.54 bits per heavy atom. The zero-order valence-electron chi connectivity index (χ0n) is 22.2. The van der Waals surface area contributed by atoms with Crippen LogP contribution in [0.25, 0.3) is 16.6 Å². The lowest BCUT2D eigenvalue weighted by Gasteiger charge is -2.45. The number of piperidine rings is 1. The number of likely N-dealkylation sites (tertiary alicyclic amines) is 1. The minimum absolute atomic E-state index is 0.196. The number of pyridine rings is 1. The van der Waals surface area contributed by atoms with Crippen molar-refractivity contribution in [3.63, 3.8) is 0 Å². The van der Waals surface area contributed by atoms with E-state index in [2.05, 4.69) is 33.0 Å². The maximum Gasteiger partial charge on any atom is 0.407 e. The Morgan fingerprint density at radius 2 is 1.89 bits per heavy atom. The number of methoxy groups -OCH3 is 1. The van der Waals surface area contributed by atoms with Crippen molar-refractivity contribution in [1.29, 1.82) is 5.26 Å². The van der Waals surface area contributed by atoms with Gasteiger partial charge in [-0.2, -0.15) is 15.5 Å². The zero-order valence-corrected chi connectivity index (χ0v) is 22.2. The van der Waals surface area contributed by atoms with Crippen LogP contribution in [0, 0.1) is 18.3 Å². The summed E-state index contributed by atoms with van der Waals surface area (Å²) in [5.74, 6) is 0.618. The van der Waals surface area contributed by atoms with Crippen LogP contribution in [0.3, 0.4) is 0 Å². The van der Waals surface area contributed by atoms with E-state index in [4.69, 9.17) is 14.6 Å². The van der Waals surface area contributed by atoms with Crippen LogP contribution >= 0.6 is 0 Å². The molecule has 0 spiro atoms. The molecule has 37 heavy (non-hydrogen) atoms. The molecule has 2 fully saturated rings. The van der Waals surface area contributed by atoms with E-state index in [1.807, 2.05) is 39.2 Å². The lowest BCUT2D eigenvalue weighted by Crippen LogP contribution is -2.56. The maximum absolute atomic E-state index is 12.0. The quantitative estimate of drug-likeness (QED) is 0.556. The maximum atomic E-state index is 12.0. The highest BCUT2D eigenvalue weighted by atomic mass is 16.6. The summed E-state index contributed by atoms with van der Waals surface area (Å²) < 4.78 is 14.8. The molecule has 0 radical (unpaired) electrons. The van der Waals surface area contributed by atoms with E-state index in [-0.39, 0.29) is 12.1 Å². The molecule has 5 rings (SSSR count). The summed E-state index contributed by atoms with van der Waals surface area (Å²) in [6.07, 6.45) is 9.09. The number of nitrogens with zero attached hydrogens (tertiary/aromatic N) is 6. The van der Waals surface area contributed by atoms with Gasteiger partial charge in [-0.05, 0) is 59.4 Å². The average molecular weight is 506 g/mol. The molecule has 1 saturated carbocycles. The van der Waals surface area contributed by atoms with Crippen molar-refractivity contribution in [2.45, 2.75) is 77.1 Å². The Hall–Kier alpha value is -3.58. The molecule has 0 atom stereocenters. The summed E-state index contributed by atoms with van der Waals surface area (Å²) in [5.41, 5.74) is 3.78. The van der Waals surface area contributed by atoms with Crippen molar-refractivity contribution in [3.8, 4) is 22.9 Å². The van der Waals surface area contributed by atoms with Gasteiger partial charge in [0, 0.05) is 48.2 Å². The summed E-state index contributed by atoms with van der Waals surface area (Å²) in [6, 6.07) is 5.18. The third-order valence-corrected chi connectivity index (χ3v) is 7.47. The number of hydrogen-bond donors (Lipinski definition) is 1. The fourth-order valence-corrected chi connectivity index (χ4v) is 5.52. The van der Waals surface area contributed by atoms with Gasteiger partial charge in [-0.25, -0.2) is 9.31 Å². The predicted octanol–water partition coefficient (Wildman–Crippen LogP) is 4.08. The van der Waals surface area contributed by atoms with E-state index < -0.39 is 5.60 Å². The minimum Gasteiger partial charge on any atom is -0.494 e. The summed E-state index contributed by atoms with van der Waals surface area (Å²) in [4.78, 5) is 14.6. The average Bonchev–Trinajstić information content (AvgIpc) is 3.42. The Morgan fingerprint density at radius 1 is 1.16 bits per heavy atom. The Bertz CT molecular complexity index is 1330. The number of nitriles is 1. The zero-order chi connectivity index (χ0) is 26.3. The number of carbonyl (C=O) groups is 1. The summed E-state index contributed by atoms with van der Waals surface area (Å²) >= 11 is 0. The molecule has 196 valence electrons. The molecule has 1 saturated heterocycles. The van der Waals surface area contributed by atoms with Crippen LogP contribution in [-0.2, 0) is 4.74 Å². The molecule has 10 nitrogen and oxygen atoms in total. The van der Waals surface area contributed by atoms with Crippen molar-refractivity contribution in [2.24, 2.45) is 0 Å². The molecule has 10 heteroatoms. The second kappa shape index (κ2) is 9.71. The normalized spacial score (nSPS) is 20.9. The molecule has 1 aliphatic carbocycles. The van der Waals surface area contributed by atoms with Gasteiger partial charge < -0.3 is 19.7 Å². The monoisotopic (exact) mass is 505 g/mol. The van der Waals surface area contributed by atoms with Gasteiger partial charge in [0.25, 0.3) is 0 Å². The number of rotatable bonds is 5. The predicted molar refractivity (Wildman–Crippen MR) is 138 cm³/mol. The molecule has 3 aromatic heterocycles. The molecule has 2 aliphatic rings. The van der Waals surface area contributed by atoms with Crippen molar-refractivity contribution in [2.75, 3.05) is 20.2 Å². The van der Waals surface area contributed by atoms with E-state index in [0.29, 0.717) is 28.9 Å². The minimum atomic E-state index is -0.474. The number of nitrogens with one attached hydrogen (secondary N) is 1. The number of fused-ring (bicyclic) bond motifs is 1. The second-order valence-corrected chi connectivity index (χ2v) is 11.1. The van der Waals surface area contributed by atoms with E-state index >= 15 is 0 Å². The van der Waals surface area contributed by atoms with Gasteiger partial charge in [-0.1, -0.05) is 0 Å². The number of amides is 1. The van der Waals surface area contributed by atoms with E-state index in [1.54, 1.807) is 17.8 Å². The largest absolute Gasteiger partial charge is 0.494 e. The van der Waals surface area contributed by atoms with Crippen LogP contribution < -0.4 is 10.1 Å². The van der Waals surface area contributed by atoms with Gasteiger partial charge in [0.15, 0.2) is 0 Å². The molecule has 1 amide bonds. The van der Waals surface area contributed by atoms with Gasteiger partial charge in [0.2, 0.25) is 0 Å². The first-order chi connectivity index (χ1) is 17.7. The molecule has 1 N–H and O–H groups in total. The Balaban J connectivity index is 1.20. The van der Waals surface area contributed by atoms with Crippen LogP contribution in [0.2, 0.25) is 0 Å². The van der Waals surface area contributed by atoms with Crippen LogP contribution in [0.15, 0.2) is 24.7 Å². The third kappa shape index (κ3) is 5.01. The van der Waals surface area contributed by atoms with Gasteiger partial charge in [-0.15, -0.1) is 0 Å². The molecule has 0 unspecified atom stereocenters. The molecule has 0 aromatic carbocycles. The first kappa shape index (κ1) is 25.1. The highest BCUT2D eigenvalue weighted by Crippen LogP contribution is 2.35. The number of hydrogen-bond acceptors (Lipinski definition) is 7. The van der Waals surface area contributed by atoms with Crippen LogP contribution in [0.1, 0.15) is 63.8 Å². The van der Waals surface area contributed by atoms with Crippen molar-refractivity contribution in [1.82, 2.24) is 29.6 Å². The SMILES string of the molecule is COc1cc(-c2cnn(C3CCN(C4CC(NC(=O)OC(C)(C)C)C4)CC3)c2C)cn2ncc(C#N)c12. The van der Waals surface area contributed by atoms with Gasteiger partial charge in [0.1, 0.15) is 28.5 Å². The Labute approximate surface area is 217 Å². The number of carbonyl (C=O) groups excluding carboxylic acids is 1.